The molecule has 0 aliphatic carbocycles. The standard InChI is InChI=1S/C20H25F2N3O3/c1-3-23-20(24-10-9-14-5-4-6-16(26)11-14)25-13-15-12-17(27-2)7-8-18(15)28-19(21)22/h4-8,11-12,19,26H,3,9-10,13H2,1-2H3,(H2,23,24,25). The van der Waals surface area contributed by atoms with Crippen molar-refractivity contribution in [1.82, 2.24) is 10.6 Å². The van der Waals surface area contributed by atoms with E-state index >= 15 is 0 Å². The summed E-state index contributed by atoms with van der Waals surface area (Å²) >= 11 is 0. The summed E-state index contributed by atoms with van der Waals surface area (Å²) < 4.78 is 35.0. The van der Waals surface area contributed by atoms with E-state index in [1.165, 1.54) is 13.2 Å². The van der Waals surface area contributed by atoms with Crippen LogP contribution in [0.2, 0.25) is 0 Å². The van der Waals surface area contributed by atoms with E-state index in [0.29, 0.717) is 36.8 Å². The van der Waals surface area contributed by atoms with E-state index in [4.69, 9.17) is 4.74 Å². The lowest BCUT2D eigenvalue weighted by Gasteiger charge is -2.13. The lowest BCUT2D eigenvalue weighted by Crippen LogP contribution is -2.38. The summed E-state index contributed by atoms with van der Waals surface area (Å²) in [7, 11) is 1.50. The molecule has 0 fully saturated rings. The first-order valence-corrected chi connectivity index (χ1v) is 8.93. The third-order valence-corrected chi connectivity index (χ3v) is 3.85. The van der Waals surface area contributed by atoms with Gasteiger partial charge in [-0.05, 0) is 49.2 Å². The number of benzene rings is 2. The number of guanidine groups is 1. The van der Waals surface area contributed by atoms with Crippen molar-refractivity contribution >= 4 is 5.96 Å². The summed E-state index contributed by atoms with van der Waals surface area (Å²) in [6.07, 6.45) is 0.692. The van der Waals surface area contributed by atoms with Gasteiger partial charge < -0.3 is 25.2 Å². The molecule has 0 aliphatic heterocycles. The highest BCUT2D eigenvalue weighted by molar-refractivity contribution is 5.79. The Labute approximate surface area is 163 Å². The largest absolute Gasteiger partial charge is 0.508 e. The zero-order valence-corrected chi connectivity index (χ0v) is 15.9. The highest BCUT2D eigenvalue weighted by atomic mass is 19.3. The number of aromatic hydroxyl groups is 1. The van der Waals surface area contributed by atoms with Crippen LogP contribution in [0.5, 0.6) is 17.2 Å². The van der Waals surface area contributed by atoms with Crippen molar-refractivity contribution in [2.45, 2.75) is 26.5 Å². The number of phenols is 1. The molecule has 0 saturated carbocycles. The van der Waals surface area contributed by atoms with Crippen LogP contribution < -0.4 is 20.1 Å². The molecule has 0 aromatic heterocycles. The lowest BCUT2D eigenvalue weighted by molar-refractivity contribution is -0.0504. The van der Waals surface area contributed by atoms with Gasteiger partial charge in [-0.2, -0.15) is 8.78 Å². The van der Waals surface area contributed by atoms with Gasteiger partial charge in [0.2, 0.25) is 0 Å². The first-order valence-electron chi connectivity index (χ1n) is 8.93. The van der Waals surface area contributed by atoms with Gasteiger partial charge in [0.05, 0.1) is 13.7 Å². The lowest BCUT2D eigenvalue weighted by atomic mass is 10.1. The summed E-state index contributed by atoms with van der Waals surface area (Å²) in [6.45, 7) is 0.402. The number of rotatable bonds is 9. The topological polar surface area (TPSA) is 75.1 Å². The van der Waals surface area contributed by atoms with Gasteiger partial charge in [-0.15, -0.1) is 0 Å². The van der Waals surface area contributed by atoms with Crippen molar-refractivity contribution in [3.63, 3.8) is 0 Å². The van der Waals surface area contributed by atoms with Crippen molar-refractivity contribution in [1.29, 1.82) is 0 Å². The van der Waals surface area contributed by atoms with Crippen LogP contribution in [0.3, 0.4) is 0 Å². The molecular formula is C20H25F2N3O3. The quantitative estimate of drug-likeness (QED) is 0.450. The first kappa shape index (κ1) is 21.3. The molecule has 0 radical (unpaired) electrons. The molecule has 0 heterocycles. The SMILES string of the molecule is CCNC(=NCc1cc(OC)ccc1OC(F)F)NCCc1cccc(O)c1. The van der Waals surface area contributed by atoms with E-state index in [0.717, 1.165) is 5.56 Å². The number of nitrogens with zero attached hydrogens (tertiary/aromatic N) is 1. The molecule has 0 aliphatic rings. The van der Waals surface area contributed by atoms with Gasteiger partial charge in [-0.25, -0.2) is 4.99 Å². The number of hydrogen-bond donors (Lipinski definition) is 3. The van der Waals surface area contributed by atoms with E-state index in [1.54, 1.807) is 30.3 Å². The average Bonchev–Trinajstić information content (AvgIpc) is 2.66. The van der Waals surface area contributed by atoms with Gasteiger partial charge in [-0.3, -0.25) is 0 Å². The summed E-state index contributed by atoms with van der Waals surface area (Å²) in [4.78, 5) is 4.44. The molecule has 0 atom stereocenters. The van der Waals surface area contributed by atoms with Crippen LogP contribution in [-0.2, 0) is 13.0 Å². The Morgan fingerprint density at radius 2 is 2.00 bits per heavy atom. The summed E-state index contributed by atoms with van der Waals surface area (Å²) in [5, 5.41) is 15.8. The van der Waals surface area contributed by atoms with E-state index in [2.05, 4.69) is 20.4 Å². The van der Waals surface area contributed by atoms with E-state index < -0.39 is 6.61 Å². The van der Waals surface area contributed by atoms with Gasteiger partial charge in [0.15, 0.2) is 5.96 Å². The minimum atomic E-state index is -2.91. The molecule has 2 rings (SSSR count). The van der Waals surface area contributed by atoms with Crippen LogP contribution in [0.4, 0.5) is 8.78 Å². The van der Waals surface area contributed by atoms with Crippen molar-refractivity contribution in [3.8, 4) is 17.2 Å². The Balaban J connectivity index is 2.04. The maximum atomic E-state index is 12.6. The third kappa shape index (κ3) is 6.94. The Morgan fingerprint density at radius 1 is 1.18 bits per heavy atom. The van der Waals surface area contributed by atoms with Crippen LogP contribution in [0.15, 0.2) is 47.5 Å². The fraction of sp³-hybridized carbons (Fsp3) is 0.350. The Bertz CT molecular complexity index is 785. The van der Waals surface area contributed by atoms with Crippen LogP contribution in [0.25, 0.3) is 0 Å². The molecule has 8 heteroatoms. The Kier molecular flexibility index (Phi) is 8.33. The monoisotopic (exact) mass is 393 g/mol. The van der Waals surface area contributed by atoms with Crippen LogP contribution >= 0.6 is 0 Å². The second kappa shape index (κ2) is 11.0. The molecule has 0 unspecified atom stereocenters. The van der Waals surface area contributed by atoms with Crippen molar-refractivity contribution < 1.29 is 23.4 Å². The van der Waals surface area contributed by atoms with Crippen LogP contribution in [0, 0.1) is 0 Å². The molecule has 28 heavy (non-hydrogen) atoms. The predicted octanol–water partition coefficient (Wildman–Crippen LogP) is 3.30. The molecule has 0 spiro atoms. The van der Waals surface area contributed by atoms with E-state index in [9.17, 15) is 13.9 Å². The summed E-state index contributed by atoms with van der Waals surface area (Å²) in [5.41, 5.74) is 1.48. The van der Waals surface area contributed by atoms with Crippen molar-refractivity contribution in [2.75, 3.05) is 20.2 Å². The number of nitrogens with one attached hydrogen (secondary N) is 2. The minimum absolute atomic E-state index is 0.0650. The van der Waals surface area contributed by atoms with E-state index in [1.807, 2.05) is 13.0 Å². The molecule has 3 N–H and O–H groups in total. The smallest absolute Gasteiger partial charge is 0.387 e. The number of halogens is 2. The Hall–Kier alpha value is -3.03. The normalized spacial score (nSPS) is 11.4. The van der Waals surface area contributed by atoms with E-state index in [-0.39, 0.29) is 18.0 Å². The fourth-order valence-corrected chi connectivity index (χ4v) is 2.56. The first-order chi connectivity index (χ1) is 13.5. The van der Waals surface area contributed by atoms with Gasteiger partial charge in [0.25, 0.3) is 0 Å². The fourth-order valence-electron chi connectivity index (χ4n) is 2.56. The third-order valence-electron chi connectivity index (χ3n) is 3.85. The average molecular weight is 393 g/mol. The Morgan fingerprint density at radius 3 is 2.68 bits per heavy atom. The maximum Gasteiger partial charge on any atom is 0.387 e. The molecule has 0 bridgehead atoms. The number of phenolic OH excluding ortho intramolecular Hbond substituents is 1. The molecule has 0 saturated heterocycles. The second-order valence-electron chi connectivity index (χ2n) is 5.89. The molecule has 0 amide bonds. The van der Waals surface area contributed by atoms with Crippen LogP contribution in [-0.4, -0.2) is 37.9 Å². The molecular weight excluding hydrogens is 368 g/mol. The van der Waals surface area contributed by atoms with Gasteiger partial charge in [-0.1, -0.05) is 12.1 Å². The highest BCUT2D eigenvalue weighted by Crippen LogP contribution is 2.26. The molecule has 2 aromatic carbocycles. The predicted molar refractivity (Wildman–Crippen MR) is 104 cm³/mol. The van der Waals surface area contributed by atoms with Gasteiger partial charge >= 0.3 is 6.61 Å². The highest BCUT2D eigenvalue weighted by Gasteiger charge is 2.11. The zero-order chi connectivity index (χ0) is 20.4. The number of ether oxygens (including phenoxy) is 2. The number of alkyl halides is 2. The molecule has 152 valence electrons. The number of methoxy groups -OCH3 is 1. The van der Waals surface area contributed by atoms with Crippen molar-refractivity contribution in [3.05, 3.63) is 53.6 Å². The molecule has 6 nitrogen and oxygen atoms in total. The number of aliphatic imine (C=N–C) groups is 1. The zero-order valence-electron chi connectivity index (χ0n) is 15.9. The maximum absolute atomic E-state index is 12.6. The van der Waals surface area contributed by atoms with Gasteiger partial charge in [0.1, 0.15) is 17.2 Å². The summed E-state index contributed by atoms with van der Waals surface area (Å²) in [6, 6.07) is 11.7. The molecule has 2 aromatic rings. The summed E-state index contributed by atoms with van der Waals surface area (Å²) in [5.74, 6) is 1.37. The van der Waals surface area contributed by atoms with Crippen molar-refractivity contribution in [2.24, 2.45) is 4.99 Å². The number of hydrogen-bond acceptors (Lipinski definition) is 4. The second-order valence-corrected chi connectivity index (χ2v) is 5.89. The van der Waals surface area contributed by atoms with Gasteiger partial charge in [0, 0.05) is 18.7 Å². The van der Waals surface area contributed by atoms with Crippen LogP contribution in [0.1, 0.15) is 18.1 Å². The minimum Gasteiger partial charge on any atom is -0.508 e.